The van der Waals surface area contributed by atoms with Crippen LogP contribution in [0.25, 0.3) is 0 Å². The highest BCUT2D eigenvalue weighted by Gasteiger charge is 2.29. The topological polar surface area (TPSA) is 81.4 Å². The smallest absolute Gasteiger partial charge is 0.214 e. The summed E-state index contributed by atoms with van der Waals surface area (Å²) in [5.41, 5.74) is 5.44. The normalized spacial score (nSPS) is 19.1. The van der Waals surface area contributed by atoms with Crippen molar-refractivity contribution in [2.24, 2.45) is 11.1 Å². The first kappa shape index (κ1) is 15.9. The molecule has 0 saturated carbocycles. The third kappa shape index (κ3) is 5.22. The van der Waals surface area contributed by atoms with E-state index in [9.17, 15) is 8.42 Å². The number of rotatable bonds is 7. The van der Waals surface area contributed by atoms with Gasteiger partial charge in [-0.2, -0.15) is 0 Å². The van der Waals surface area contributed by atoms with Crippen LogP contribution in [0.3, 0.4) is 0 Å². The molecule has 0 amide bonds. The van der Waals surface area contributed by atoms with E-state index in [-0.39, 0.29) is 10.7 Å². The molecule has 6 heteroatoms. The Kier molecular flexibility index (Phi) is 6.04. The highest BCUT2D eigenvalue weighted by atomic mass is 32.2. The Morgan fingerprint density at radius 3 is 2.50 bits per heavy atom. The predicted molar refractivity (Wildman–Crippen MR) is 72.8 cm³/mol. The van der Waals surface area contributed by atoms with E-state index in [1.807, 2.05) is 0 Å². The molecule has 1 heterocycles. The molecule has 0 bridgehead atoms. The SMILES string of the molecule is CC(C)(CCCN)CNS(=O)(=O)C1CCOCC1. The summed E-state index contributed by atoms with van der Waals surface area (Å²) in [5, 5.41) is -0.295. The van der Waals surface area contributed by atoms with Crippen molar-refractivity contribution < 1.29 is 13.2 Å². The molecule has 0 aromatic rings. The van der Waals surface area contributed by atoms with E-state index in [4.69, 9.17) is 10.5 Å². The molecule has 5 nitrogen and oxygen atoms in total. The van der Waals surface area contributed by atoms with Crippen LogP contribution in [-0.4, -0.2) is 40.0 Å². The standard InChI is InChI=1S/C12H26N2O3S/c1-12(2,6-3-7-13)10-14-18(15,16)11-4-8-17-9-5-11/h11,14H,3-10,13H2,1-2H3. The Labute approximate surface area is 111 Å². The minimum atomic E-state index is -3.20. The van der Waals surface area contributed by atoms with Crippen molar-refractivity contribution in [3.8, 4) is 0 Å². The van der Waals surface area contributed by atoms with Gasteiger partial charge in [-0.1, -0.05) is 13.8 Å². The molecule has 1 aliphatic rings. The van der Waals surface area contributed by atoms with E-state index in [1.54, 1.807) is 0 Å². The Bertz CT molecular complexity index is 335. The van der Waals surface area contributed by atoms with Crippen LogP contribution in [0.4, 0.5) is 0 Å². The molecule has 18 heavy (non-hydrogen) atoms. The molecule has 0 aromatic carbocycles. The lowest BCUT2D eigenvalue weighted by Crippen LogP contribution is -2.42. The van der Waals surface area contributed by atoms with Crippen LogP contribution >= 0.6 is 0 Å². The fourth-order valence-corrected chi connectivity index (χ4v) is 3.71. The summed E-state index contributed by atoms with van der Waals surface area (Å²) in [6, 6.07) is 0. The molecule has 1 fully saturated rings. The highest BCUT2D eigenvalue weighted by molar-refractivity contribution is 7.90. The molecular formula is C12H26N2O3S. The summed E-state index contributed by atoms with van der Waals surface area (Å²) < 4.78 is 32.2. The van der Waals surface area contributed by atoms with Crippen LogP contribution < -0.4 is 10.5 Å². The molecule has 0 atom stereocenters. The molecule has 108 valence electrons. The molecule has 0 radical (unpaired) electrons. The number of hydrogen-bond acceptors (Lipinski definition) is 4. The zero-order valence-electron chi connectivity index (χ0n) is 11.4. The largest absolute Gasteiger partial charge is 0.381 e. The molecule has 0 unspecified atom stereocenters. The molecule has 1 rings (SSSR count). The van der Waals surface area contributed by atoms with Gasteiger partial charge < -0.3 is 10.5 Å². The van der Waals surface area contributed by atoms with Crippen LogP contribution in [0.2, 0.25) is 0 Å². The summed E-state index contributed by atoms with van der Waals surface area (Å²) in [6.45, 7) is 6.34. The van der Waals surface area contributed by atoms with Gasteiger partial charge in [-0.3, -0.25) is 0 Å². The molecule has 1 aliphatic heterocycles. The van der Waals surface area contributed by atoms with Gasteiger partial charge in [-0.05, 0) is 37.6 Å². The van der Waals surface area contributed by atoms with E-state index < -0.39 is 10.0 Å². The number of nitrogens with two attached hydrogens (primary N) is 1. The highest BCUT2D eigenvalue weighted by Crippen LogP contribution is 2.22. The lowest BCUT2D eigenvalue weighted by molar-refractivity contribution is 0.0980. The van der Waals surface area contributed by atoms with E-state index in [1.165, 1.54) is 0 Å². The Morgan fingerprint density at radius 2 is 1.94 bits per heavy atom. The maximum Gasteiger partial charge on any atom is 0.214 e. The molecule has 0 aromatic heterocycles. The van der Waals surface area contributed by atoms with Gasteiger partial charge in [0.25, 0.3) is 0 Å². The van der Waals surface area contributed by atoms with Gasteiger partial charge in [0.05, 0.1) is 5.25 Å². The first-order chi connectivity index (χ1) is 8.37. The number of sulfonamides is 1. The molecule has 3 N–H and O–H groups in total. The lowest BCUT2D eigenvalue weighted by atomic mass is 9.88. The van der Waals surface area contributed by atoms with Gasteiger partial charge in [-0.15, -0.1) is 0 Å². The third-order valence-corrected chi connectivity index (χ3v) is 5.31. The summed E-state index contributed by atoms with van der Waals surface area (Å²) in [7, 11) is -3.20. The van der Waals surface area contributed by atoms with Crippen LogP contribution in [0, 0.1) is 5.41 Å². The van der Waals surface area contributed by atoms with Gasteiger partial charge in [0.2, 0.25) is 10.0 Å². The lowest BCUT2D eigenvalue weighted by Gasteiger charge is -2.27. The van der Waals surface area contributed by atoms with Crippen molar-refractivity contribution in [1.29, 1.82) is 0 Å². The molecule has 0 spiro atoms. The van der Waals surface area contributed by atoms with Crippen LogP contribution in [0.15, 0.2) is 0 Å². The van der Waals surface area contributed by atoms with Crippen LogP contribution in [0.5, 0.6) is 0 Å². The monoisotopic (exact) mass is 278 g/mol. The van der Waals surface area contributed by atoms with Crippen molar-refractivity contribution in [3.63, 3.8) is 0 Å². The minimum absolute atomic E-state index is 0.0440. The van der Waals surface area contributed by atoms with Crippen molar-refractivity contribution in [3.05, 3.63) is 0 Å². The van der Waals surface area contributed by atoms with Crippen molar-refractivity contribution in [2.75, 3.05) is 26.3 Å². The second kappa shape index (κ2) is 6.84. The summed E-state index contributed by atoms with van der Waals surface area (Å²) >= 11 is 0. The predicted octanol–water partition coefficient (Wildman–Crippen LogP) is 0.850. The van der Waals surface area contributed by atoms with Crippen LogP contribution in [-0.2, 0) is 14.8 Å². The maximum absolute atomic E-state index is 12.1. The minimum Gasteiger partial charge on any atom is -0.381 e. The van der Waals surface area contributed by atoms with Gasteiger partial charge >= 0.3 is 0 Å². The van der Waals surface area contributed by atoms with Gasteiger partial charge in [0.15, 0.2) is 0 Å². The number of hydrogen-bond donors (Lipinski definition) is 2. The van der Waals surface area contributed by atoms with E-state index in [0.29, 0.717) is 39.1 Å². The first-order valence-electron chi connectivity index (χ1n) is 6.64. The summed E-state index contributed by atoms with van der Waals surface area (Å²) in [5.74, 6) is 0. The Hall–Kier alpha value is -0.170. The second-order valence-electron chi connectivity index (χ2n) is 5.73. The fraction of sp³-hybridized carbons (Fsp3) is 1.00. The van der Waals surface area contributed by atoms with E-state index in [0.717, 1.165) is 12.8 Å². The number of nitrogens with one attached hydrogen (secondary N) is 1. The quantitative estimate of drug-likeness (QED) is 0.723. The molecule has 0 aliphatic carbocycles. The second-order valence-corrected chi connectivity index (χ2v) is 7.78. The van der Waals surface area contributed by atoms with Gasteiger partial charge in [-0.25, -0.2) is 13.1 Å². The Morgan fingerprint density at radius 1 is 1.33 bits per heavy atom. The van der Waals surface area contributed by atoms with Gasteiger partial charge in [0.1, 0.15) is 0 Å². The average molecular weight is 278 g/mol. The van der Waals surface area contributed by atoms with Crippen LogP contribution in [0.1, 0.15) is 39.5 Å². The van der Waals surface area contributed by atoms with Crippen molar-refractivity contribution in [1.82, 2.24) is 4.72 Å². The summed E-state index contributed by atoms with van der Waals surface area (Å²) in [4.78, 5) is 0. The molecule has 1 saturated heterocycles. The maximum atomic E-state index is 12.1. The van der Waals surface area contributed by atoms with Crippen molar-refractivity contribution >= 4 is 10.0 Å². The van der Waals surface area contributed by atoms with E-state index >= 15 is 0 Å². The zero-order valence-corrected chi connectivity index (χ0v) is 12.3. The van der Waals surface area contributed by atoms with E-state index in [2.05, 4.69) is 18.6 Å². The first-order valence-corrected chi connectivity index (χ1v) is 8.18. The molecular weight excluding hydrogens is 252 g/mol. The van der Waals surface area contributed by atoms with Crippen molar-refractivity contribution in [2.45, 2.75) is 44.8 Å². The zero-order chi connectivity index (χ0) is 13.6. The fourth-order valence-electron chi connectivity index (χ4n) is 2.07. The van der Waals surface area contributed by atoms with Gasteiger partial charge in [0, 0.05) is 19.8 Å². The number of ether oxygens (including phenoxy) is 1. The Balaban J connectivity index is 2.45. The average Bonchev–Trinajstić information content (AvgIpc) is 2.36. The summed E-state index contributed by atoms with van der Waals surface area (Å²) in [6.07, 6.45) is 3.04. The third-order valence-electron chi connectivity index (χ3n) is 3.42.